The van der Waals surface area contributed by atoms with Gasteiger partial charge in [-0.3, -0.25) is 4.99 Å². The van der Waals surface area contributed by atoms with Gasteiger partial charge in [0.1, 0.15) is 0 Å². The highest BCUT2D eigenvalue weighted by Crippen LogP contribution is 2.30. The van der Waals surface area contributed by atoms with Crippen LogP contribution in [0.15, 0.2) is 4.99 Å². The van der Waals surface area contributed by atoms with Gasteiger partial charge in [0.05, 0.1) is 0 Å². The lowest BCUT2D eigenvalue weighted by Gasteiger charge is -2.36. The summed E-state index contributed by atoms with van der Waals surface area (Å²) < 4.78 is 0. The Labute approximate surface area is 133 Å². The van der Waals surface area contributed by atoms with Crippen LogP contribution in [0.1, 0.15) is 27.2 Å². The van der Waals surface area contributed by atoms with Crippen LogP contribution in [0.25, 0.3) is 0 Å². The molecule has 0 aromatic carbocycles. The summed E-state index contributed by atoms with van der Waals surface area (Å²) in [7, 11) is 1.90. The average Bonchev–Trinajstić information content (AvgIpc) is 3.02. The standard InChI is InChI=1S/C13H25N3S.HI/c1-9(2)12-8-16(5-6-17-12)13(14-4)15-11-7-10(11)3;/h9-12H,5-8H2,1-4H3,(H,14,15);1H. The molecule has 5 heteroatoms. The third-order valence-electron chi connectivity index (χ3n) is 3.77. The molecule has 1 saturated carbocycles. The van der Waals surface area contributed by atoms with Gasteiger partial charge in [-0.15, -0.1) is 24.0 Å². The number of hydrogen-bond acceptors (Lipinski definition) is 2. The highest BCUT2D eigenvalue weighted by Gasteiger charge is 2.35. The van der Waals surface area contributed by atoms with Gasteiger partial charge in [-0.05, 0) is 18.3 Å². The maximum Gasteiger partial charge on any atom is 0.193 e. The van der Waals surface area contributed by atoms with Crippen LogP contribution in [0.5, 0.6) is 0 Å². The van der Waals surface area contributed by atoms with E-state index in [1.54, 1.807) is 0 Å². The van der Waals surface area contributed by atoms with E-state index in [1.807, 2.05) is 7.05 Å². The molecule has 0 aromatic rings. The van der Waals surface area contributed by atoms with Crippen LogP contribution in [0, 0.1) is 11.8 Å². The van der Waals surface area contributed by atoms with Crippen LogP contribution in [0.4, 0.5) is 0 Å². The van der Waals surface area contributed by atoms with E-state index < -0.39 is 0 Å². The van der Waals surface area contributed by atoms with Crippen molar-refractivity contribution >= 4 is 41.7 Å². The van der Waals surface area contributed by atoms with E-state index in [-0.39, 0.29) is 24.0 Å². The smallest absolute Gasteiger partial charge is 0.193 e. The lowest BCUT2D eigenvalue weighted by molar-refractivity contribution is 0.380. The largest absolute Gasteiger partial charge is 0.353 e. The summed E-state index contributed by atoms with van der Waals surface area (Å²) in [6.45, 7) is 9.21. The number of aliphatic imine (C=N–C) groups is 1. The number of rotatable bonds is 2. The monoisotopic (exact) mass is 383 g/mol. The van der Waals surface area contributed by atoms with Crippen molar-refractivity contribution in [1.29, 1.82) is 0 Å². The minimum absolute atomic E-state index is 0. The summed E-state index contributed by atoms with van der Waals surface area (Å²) >= 11 is 2.11. The van der Waals surface area contributed by atoms with Crippen molar-refractivity contribution in [2.24, 2.45) is 16.8 Å². The predicted molar refractivity (Wildman–Crippen MR) is 92.1 cm³/mol. The molecule has 0 spiro atoms. The van der Waals surface area contributed by atoms with E-state index in [1.165, 1.54) is 12.2 Å². The molecule has 1 aliphatic carbocycles. The third-order valence-corrected chi connectivity index (χ3v) is 5.31. The Morgan fingerprint density at radius 3 is 2.61 bits per heavy atom. The maximum atomic E-state index is 4.44. The second-order valence-corrected chi connectivity index (χ2v) is 6.96. The minimum Gasteiger partial charge on any atom is -0.353 e. The summed E-state index contributed by atoms with van der Waals surface area (Å²) in [6, 6.07) is 0.667. The molecule has 3 nitrogen and oxygen atoms in total. The molecule has 0 radical (unpaired) electrons. The highest BCUT2D eigenvalue weighted by atomic mass is 127. The van der Waals surface area contributed by atoms with Crippen molar-refractivity contribution in [2.45, 2.75) is 38.5 Å². The summed E-state index contributed by atoms with van der Waals surface area (Å²) in [4.78, 5) is 6.88. The molecular formula is C13H26IN3S. The normalized spacial score (nSPS) is 32.2. The summed E-state index contributed by atoms with van der Waals surface area (Å²) in [5, 5.41) is 4.34. The lowest BCUT2D eigenvalue weighted by atomic mass is 10.1. The van der Waals surface area contributed by atoms with Crippen LogP contribution in [0.2, 0.25) is 0 Å². The van der Waals surface area contributed by atoms with Crippen LogP contribution >= 0.6 is 35.7 Å². The van der Waals surface area contributed by atoms with Gasteiger partial charge in [0.25, 0.3) is 0 Å². The average molecular weight is 383 g/mol. The van der Waals surface area contributed by atoms with Crippen molar-refractivity contribution < 1.29 is 0 Å². The van der Waals surface area contributed by atoms with Crippen molar-refractivity contribution in [1.82, 2.24) is 10.2 Å². The Morgan fingerprint density at radius 2 is 2.11 bits per heavy atom. The molecule has 2 rings (SSSR count). The van der Waals surface area contributed by atoms with Gasteiger partial charge in [0.15, 0.2) is 5.96 Å². The van der Waals surface area contributed by atoms with Gasteiger partial charge in [-0.2, -0.15) is 11.8 Å². The molecule has 3 atom stereocenters. The van der Waals surface area contributed by atoms with Crippen LogP contribution in [-0.4, -0.2) is 48.0 Å². The Balaban J connectivity index is 0.00000162. The molecule has 106 valence electrons. The fourth-order valence-corrected chi connectivity index (χ4v) is 3.56. The highest BCUT2D eigenvalue weighted by molar-refractivity contribution is 14.0. The van der Waals surface area contributed by atoms with Gasteiger partial charge in [0.2, 0.25) is 0 Å². The zero-order valence-electron chi connectivity index (χ0n) is 11.8. The van der Waals surface area contributed by atoms with Gasteiger partial charge in [-0.25, -0.2) is 0 Å². The summed E-state index contributed by atoms with van der Waals surface area (Å²) in [6.07, 6.45) is 1.30. The van der Waals surface area contributed by atoms with Gasteiger partial charge >= 0.3 is 0 Å². The Kier molecular flexibility index (Phi) is 6.58. The number of nitrogens with one attached hydrogen (secondary N) is 1. The molecule has 18 heavy (non-hydrogen) atoms. The second kappa shape index (κ2) is 7.22. The molecular weight excluding hydrogens is 357 g/mol. The number of halogens is 1. The van der Waals surface area contributed by atoms with E-state index in [9.17, 15) is 0 Å². The summed E-state index contributed by atoms with van der Waals surface area (Å²) in [5.41, 5.74) is 0. The molecule has 1 saturated heterocycles. The molecule has 1 N–H and O–H groups in total. The molecule has 3 unspecified atom stereocenters. The van der Waals surface area contributed by atoms with E-state index in [0.717, 1.165) is 36.1 Å². The lowest BCUT2D eigenvalue weighted by Crippen LogP contribution is -2.49. The molecule has 2 fully saturated rings. The van der Waals surface area contributed by atoms with Gasteiger partial charge in [0, 0.05) is 37.2 Å². The zero-order valence-corrected chi connectivity index (χ0v) is 15.0. The first-order valence-corrected chi connectivity index (χ1v) is 7.76. The van der Waals surface area contributed by atoms with E-state index in [0.29, 0.717) is 6.04 Å². The Morgan fingerprint density at radius 1 is 1.44 bits per heavy atom. The topological polar surface area (TPSA) is 27.6 Å². The Bertz CT molecular complexity index is 296. The van der Waals surface area contributed by atoms with E-state index >= 15 is 0 Å². The second-order valence-electron chi connectivity index (χ2n) is 5.61. The predicted octanol–water partition coefficient (Wildman–Crippen LogP) is 2.66. The van der Waals surface area contributed by atoms with Crippen LogP contribution < -0.4 is 5.32 Å². The number of nitrogens with zero attached hydrogens (tertiary/aromatic N) is 2. The SMILES string of the molecule is CN=C(NC1CC1C)N1CCSC(C(C)C)C1.I. The van der Waals surface area contributed by atoms with Crippen molar-refractivity contribution in [3.05, 3.63) is 0 Å². The minimum atomic E-state index is 0. The Hall–Kier alpha value is 0.350. The van der Waals surface area contributed by atoms with Crippen molar-refractivity contribution in [3.8, 4) is 0 Å². The molecule has 1 heterocycles. The first kappa shape index (κ1) is 16.4. The van der Waals surface area contributed by atoms with Gasteiger partial charge in [-0.1, -0.05) is 20.8 Å². The van der Waals surface area contributed by atoms with E-state index in [4.69, 9.17) is 0 Å². The summed E-state index contributed by atoms with van der Waals surface area (Å²) in [5.74, 6) is 3.92. The zero-order chi connectivity index (χ0) is 12.4. The van der Waals surface area contributed by atoms with Crippen molar-refractivity contribution in [2.75, 3.05) is 25.9 Å². The van der Waals surface area contributed by atoms with Gasteiger partial charge < -0.3 is 10.2 Å². The van der Waals surface area contributed by atoms with Crippen molar-refractivity contribution in [3.63, 3.8) is 0 Å². The molecule has 0 aromatic heterocycles. The quantitative estimate of drug-likeness (QED) is 0.452. The number of guanidine groups is 1. The number of thioether (sulfide) groups is 1. The first-order valence-electron chi connectivity index (χ1n) is 6.71. The molecule has 0 amide bonds. The molecule has 0 bridgehead atoms. The van der Waals surface area contributed by atoms with E-state index in [2.05, 4.69) is 47.7 Å². The fourth-order valence-electron chi connectivity index (χ4n) is 2.26. The first-order chi connectivity index (χ1) is 8.11. The third kappa shape index (κ3) is 4.18. The number of hydrogen-bond donors (Lipinski definition) is 1. The maximum absolute atomic E-state index is 4.44. The molecule has 2 aliphatic rings. The van der Waals surface area contributed by atoms with Crippen LogP contribution in [0.3, 0.4) is 0 Å². The molecule has 1 aliphatic heterocycles. The van der Waals surface area contributed by atoms with Crippen LogP contribution in [-0.2, 0) is 0 Å². The fraction of sp³-hybridized carbons (Fsp3) is 0.923.